The molecule has 33 heavy (non-hydrogen) atoms. The zero-order valence-electron chi connectivity index (χ0n) is 18.1. The Balaban J connectivity index is 1.53. The van der Waals surface area contributed by atoms with Gasteiger partial charge in [-0.05, 0) is 67.9 Å². The summed E-state index contributed by atoms with van der Waals surface area (Å²) in [6, 6.07) is 20.8. The predicted octanol–water partition coefficient (Wildman–Crippen LogP) is 7.18. The summed E-state index contributed by atoms with van der Waals surface area (Å²) in [6.07, 6.45) is 1.99. The number of anilines is 3. The van der Waals surface area contributed by atoms with E-state index >= 15 is 0 Å². The van der Waals surface area contributed by atoms with Gasteiger partial charge in [-0.25, -0.2) is 0 Å². The summed E-state index contributed by atoms with van der Waals surface area (Å²) < 4.78 is 6.27. The van der Waals surface area contributed by atoms with E-state index in [-0.39, 0.29) is 11.9 Å². The number of halogens is 2. The first-order valence-corrected chi connectivity index (χ1v) is 11.6. The molecule has 0 bridgehead atoms. The highest BCUT2D eigenvalue weighted by atomic mass is 35.5. The summed E-state index contributed by atoms with van der Waals surface area (Å²) in [4.78, 5) is 15.0. The topological polar surface area (TPSA) is 57.5 Å². The molecule has 5 rings (SSSR count). The summed E-state index contributed by atoms with van der Waals surface area (Å²) in [5.74, 6) is 0.465. The number of benzene rings is 3. The lowest BCUT2D eigenvalue weighted by Gasteiger charge is -2.23. The molecule has 1 aromatic heterocycles. The van der Waals surface area contributed by atoms with Crippen molar-refractivity contribution < 1.29 is 9.21 Å². The monoisotopic (exact) mass is 479 g/mol. The first-order valence-electron chi connectivity index (χ1n) is 10.9. The molecule has 3 aromatic carbocycles. The highest BCUT2D eigenvalue weighted by Crippen LogP contribution is 2.41. The minimum absolute atomic E-state index is 0.221. The number of carbonyl (C=O) groups excluding carboxylic acids is 1. The van der Waals surface area contributed by atoms with Crippen LogP contribution < -0.4 is 15.5 Å². The van der Waals surface area contributed by atoms with Crippen molar-refractivity contribution in [3.8, 4) is 0 Å². The molecule has 1 aliphatic rings. The Morgan fingerprint density at radius 1 is 1.06 bits per heavy atom. The van der Waals surface area contributed by atoms with Crippen molar-refractivity contribution >= 4 is 57.3 Å². The molecule has 2 heterocycles. The molecule has 2 N–H and O–H groups in total. The molecule has 1 atom stereocenters. The molecule has 1 amide bonds. The van der Waals surface area contributed by atoms with Crippen molar-refractivity contribution in [3.05, 3.63) is 87.9 Å². The van der Waals surface area contributed by atoms with Crippen LogP contribution in [0.15, 0.2) is 71.1 Å². The second-order valence-corrected chi connectivity index (χ2v) is 8.92. The van der Waals surface area contributed by atoms with Crippen molar-refractivity contribution in [2.45, 2.75) is 18.9 Å². The number of hydrogen-bond acceptors (Lipinski definition) is 4. The third-order valence-electron chi connectivity index (χ3n) is 6.06. The van der Waals surface area contributed by atoms with E-state index in [4.69, 9.17) is 27.6 Å². The molecular formula is C26H23Cl2N3O2. The van der Waals surface area contributed by atoms with Crippen molar-refractivity contribution in [2.75, 3.05) is 23.8 Å². The molecule has 7 heteroatoms. The van der Waals surface area contributed by atoms with E-state index in [9.17, 15) is 4.79 Å². The minimum Gasteiger partial charge on any atom is -0.440 e. The minimum atomic E-state index is -0.262. The number of furan rings is 1. The second-order valence-electron chi connectivity index (χ2n) is 8.07. The van der Waals surface area contributed by atoms with Crippen LogP contribution >= 0.6 is 23.2 Å². The van der Waals surface area contributed by atoms with Crippen LogP contribution in [-0.4, -0.2) is 19.5 Å². The molecule has 0 saturated heterocycles. The number of rotatable bonds is 4. The standard InChI is InChI=1S/C26H23Cl2N3O2/c1-29-21-9-5-13-31(23-12-11-16(27)14-18(21)23)25-15-19-22(8-4-10-24(19)33-25)30-26(32)17-6-2-3-7-20(17)28/h2-4,6-8,10-12,14-15,21,29H,5,9,13H2,1H3,(H,30,32). The number of fused-ring (bicyclic) bond motifs is 2. The normalized spacial score (nSPS) is 15.8. The van der Waals surface area contributed by atoms with E-state index in [1.807, 2.05) is 49.5 Å². The van der Waals surface area contributed by atoms with Crippen LogP contribution in [0.5, 0.6) is 0 Å². The van der Waals surface area contributed by atoms with Gasteiger partial charge in [0.1, 0.15) is 5.58 Å². The lowest BCUT2D eigenvalue weighted by Crippen LogP contribution is -2.18. The molecule has 168 valence electrons. The van der Waals surface area contributed by atoms with Crippen molar-refractivity contribution in [1.82, 2.24) is 5.32 Å². The highest BCUT2D eigenvalue weighted by Gasteiger charge is 2.25. The highest BCUT2D eigenvalue weighted by molar-refractivity contribution is 6.34. The molecule has 4 aromatic rings. The molecule has 0 saturated carbocycles. The maximum Gasteiger partial charge on any atom is 0.257 e. The Hall–Kier alpha value is -2.99. The van der Waals surface area contributed by atoms with Crippen LogP contribution in [-0.2, 0) is 0 Å². The van der Waals surface area contributed by atoms with Gasteiger partial charge in [0.05, 0.1) is 16.3 Å². The number of amides is 1. The Morgan fingerprint density at radius 2 is 1.91 bits per heavy atom. The summed E-state index contributed by atoms with van der Waals surface area (Å²) in [7, 11) is 1.97. The lowest BCUT2D eigenvalue weighted by molar-refractivity contribution is 0.102. The van der Waals surface area contributed by atoms with E-state index in [0.717, 1.165) is 41.9 Å². The smallest absolute Gasteiger partial charge is 0.257 e. The fourth-order valence-electron chi connectivity index (χ4n) is 4.43. The average molecular weight is 480 g/mol. The zero-order valence-corrected chi connectivity index (χ0v) is 19.6. The van der Waals surface area contributed by atoms with Gasteiger partial charge in [0, 0.05) is 34.7 Å². The SMILES string of the molecule is CNC1CCCN(c2cc3c(NC(=O)c4ccccc4Cl)cccc3o2)c2ccc(Cl)cc21. The van der Waals surface area contributed by atoms with Crippen molar-refractivity contribution in [1.29, 1.82) is 0 Å². The molecule has 5 nitrogen and oxygen atoms in total. The first-order chi connectivity index (χ1) is 16.0. The van der Waals surface area contributed by atoms with Crippen LogP contribution in [0.25, 0.3) is 11.0 Å². The third-order valence-corrected chi connectivity index (χ3v) is 6.62. The van der Waals surface area contributed by atoms with Gasteiger partial charge in [0.2, 0.25) is 5.88 Å². The van der Waals surface area contributed by atoms with Gasteiger partial charge in [0.25, 0.3) is 5.91 Å². The lowest BCUT2D eigenvalue weighted by atomic mass is 10.0. The first kappa shape index (κ1) is 21.8. The Bertz CT molecular complexity index is 1330. The Labute approximate surface area is 202 Å². The summed E-state index contributed by atoms with van der Waals surface area (Å²) in [6.45, 7) is 0.813. The number of hydrogen-bond donors (Lipinski definition) is 2. The van der Waals surface area contributed by atoms with Gasteiger partial charge in [-0.2, -0.15) is 0 Å². The molecule has 0 aliphatic carbocycles. The van der Waals surface area contributed by atoms with Crippen molar-refractivity contribution in [3.63, 3.8) is 0 Å². The Morgan fingerprint density at radius 3 is 2.73 bits per heavy atom. The van der Waals surface area contributed by atoms with Crippen LogP contribution in [0.2, 0.25) is 10.0 Å². The number of nitrogens with zero attached hydrogens (tertiary/aromatic N) is 1. The molecule has 0 fully saturated rings. The van der Waals surface area contributed by atoms with E-state index in [1.165, 1.54) is 0 Å². The maximum absolute atomic E-state index is 12.8. The van der Waals surface area contributed by atoms with Gasteiger partial charge in [-0.1, -0.05) is 41.4 Å². The fourth-order valence-corrected chi connectivity index (χ4v) is 4.84. The molecule has 1 unspecified atom stereocenters. The van der Waals surface area contributed by atoms with E-state index in [1.54, 1.807) is 24.3 Å². The van der Waals surface area contributed by atoms with E-state index in [0.29, 0.717) is 26.9 Å². The number of nitrogens with one attached hydrogen (secondary N) is 2. The van der Waals surface area contributed by atoms with Gasteiger partial charge in [0.15, 0.2) is 0 Å². The quantitative estimate of drug-likeness (QED) is 0.325. The van der Waals surface area contributed by atoms with Gasteiger partial charge < -0.3 is 20.0 Å². The molecule has 1 aliphatic heterocycles. The molecule has 0 radical (unpaired) electrons. The van der Waals surface area contributed by atoms with Crippen molar-refractivity contribution in [2.24, 2.45) is 0 Å². The Kier molecular flexibility index (Phi) is 6.02. The molecular weight excluding hydrogens is 457 g/mol. The summed E-state index contributed by atoms with van der Waals surface area (Å²) >= 11 is 12.5. The maximum atomic E-state index is 12.8. The predicted molar refractivity (Wildman–Crippen MR) is 135 cm³/mol. The van der Waals surface area contributed by atoms with Crippen LogP contribution in [0.3, 0.4) is 0 Å². The molecule has 0 spiro atoms. The van der Waals surface area contributed by atoms with Gasteiger partial charge >= 0.3 is 0 Å². The van der Waals surface area contributed by atoms with Crippen LogP contribution in [0, 0.1) is 0 Å². The average Bonchev–Trinajstić information content (AvgIpc) is 3.16. The largest absolute Gasteiger partial charge is 0.440 e. The third kappa shape index (κ3) is 4.20. The van der Waals surface area contributed by atoms with Crippen LogP contribution in [0.4, 0.5) is 17.3 Å². The van der Waals surface area contributed by atoms with Crippen LogP contribution in [0.1, 0.15) is 34.8 Å². The zero-order chi connectivity index (χ0) is 22.9. The van der Waals surface area contributed by atoms with E-state index in [2.05, 4.69) is 15.5 Å². The van der Waals surface area contributed by atoms with Gasteiger partial charge in [-0.15, -0.1) is 0 Å². The second kappa shape index (κ2) is 9.10. The van der Waals surface area contributed by atoms with E-state index < -0.39 is 0 Å². The summed E-state index contributed by atoms with van der Waals surface area (Å²) in [5.41, 5.74) is 4.02. The number of carbonyl (C=O) groups is 1. The summed E-state index contributed by atoms with van der Waals surface area (Å²) in [5, 5.41) is 8.34. The van der Waals surface area contributed by atoms with Gasteiger partial charge in [-0.3, -0.25) is 4.79 Å². The fraction of sp³-hybridized carbons (Fsp3) is 0.192.